The van der Waals surface area contributed by atoms with E-state index in [1.54, 1.807) is 0 Å². The lowest BCUT2D eigenvalue weighted by molar-refractivity contribution is 0.0352. The van der Waals surface area contributed by atoms with Crippen LogP contribution in [0.2, 0.25) is 0 Å². The van der Waals surface area contributed by atoms with Crippen LogP contribution in [0.1, 0.15) is 60.8 Å². The average Bonchev–Trinajstić information content (AvgIpc) is 2.13. The summed E-state index contributed by atoms with van der Waals surface area (Å²) in [5, 5.41) is 3.66. The van der Waals surface area contributed by atoms with Gasteiger partial charge in [-0.25, -0.2) is 0 Å². The van der Waals surface area contributed by atoms with Gasteiger partial charge in [-0.15, -0.1) is 0 Å². The second kappa shape index (κ2) is 6.19. The molecule has 0 bridgehead atoms. The lowest BCUT2D eigenvalue weighted by Crippen LogP contribution is -2.54. The van der Waals surface area contributed by atoms with Crippen LogP contribution in [-0.2, 0) is 0 Å². The summed E-state index contributed by atoms with van der Waals surface area (Å²) in [6.45, 7) is 16.2. The van der Waals surface area contributed by atoms with Crippen LogP contribution in [0.4, 0.5) is 0 Å². The van der Waals surface area contributed by atoms with Crippen molar-refractivity contribution in [2.75, 3.05) is 13.1 Å². The van der Waals surface area contributed by atoms with Crippen molar-refractivity contribution in [3.05, 3.63) is 0 Å². The van der Waals surface area contributed by atoms with Gasteiger partial charge in [0.2, 0.25) is 0 Å². The molecule has 1 aliphatic carbocycles. The van der Waals surface area contributed by atoms with Crippen LogP contribution in [-0.4, -0.2) is 35.6 Å². The molecular formula is C15H32N2. The van der Waals surface area contributed by atoms with Gasteiger partial charge in [-0.1, -0.05) is 6.92 Å². The Morgan fingerprint density at radius 1 is 1.24 bits per heavy atom. The van der Waals surface area contributed by atoms with E-state index in [0.717, 1.165) is 12.0 Å². The van der Waals surface area contributed by atoms with E-state index < -0.39 is 0 Å². The van der Waals surface area contributed by atoms with Gasteiger partial charge in [0, 0.05) is 17.6 Å². The molecule has 0 aromatic heterocycles. The summed E-state index contributed by atoms with van der Waals surface area (Å²) < 4.78 is 0. The summed E-state index contributed by atoms with van der Waals surface area (Å²) in [5.74, 6) is 0.864. The maximum atomic E-state index is 3.66. The molecule has 0 heterocycles. The molecule has 0 aliphatic heterocycles. The molecule has 0 saturated heterocycles. The van der Waals surface area contributed by atoms with Crippen LogP contribution < -0.4 is 5.32 Å². The van der Waals surface area contributed by atoms with Crippen molar-refractivity contribution in [3.8, 4) is 0 Å². The van der Waals surface area contributed by atoms with Crippen LogP contribution in [0.3, 0.4) is 0 Å². The second-order valence-electron chi connectivity index (χ2n) is 6.87. The van der Waals surface area contributed by atoms with Crippen molar-refractivity contribution in [1.29, 1.82) is 0 Å². The third-order valence-electron chi connectivity index (χ3n) is 3.84. The first-order valence-electron chi connectivity index (χ1n) is 7.36. The van der Waals surface area contributed by atoms with E-state index in [1.165, 1.54) is 32.4 Å². The molecule has 0 radical (unpaired) electrons. The zero-order valence-electron chi connectivity index (χ0n) is 12.7. The zero-order valence-corrected chi connectivity index (χ0v) is 12.7. The highest BCUT2D eigenvalue weighted by Crippen LogP contribution is 2.33. The van der Waals surface area contributed by atoms with Crippen molar-refractivity contribution in [2.24, 2.45) is 5.92 Å². The van der Waals surface area contributed by atoms with E-state index in [9.17, 15) is 0 Å². The van der Waals surface area contributed by atoms with Crippen molar-refractivity contribution in [2.45, 2.75) is 78.4 Å². The highest BCUT2D eigenvalue weighted by atomic mass is 15.2. The summed E-state index contributed by atoms with van der Waals surface area (Å²) in [5.41, 5.74) is 0.257. The van der Waals surface area contributed by atoms with Crippen molar-refractivity contribution < 1.29 is 0 Å². The number of hydrogen-bond acceptors (Lipinski definition) is 2. The SMILES string of the molecule is CCCN(C(C)C)C1CCC1CNC(C)(C)C. The summed E-state index contributed by atoms with van der Waals surface area (Å²) in [7, 11) is 0. The van der Waals surface area contributed by atoms with Crippen LogP contribution in [0, 0.1) is 5.92 Å². The Hall–Kier alpha value is -0.0800. The first kappa shape index (κ1) is 15.0. The van der Waals surface area contributed by atoms with Crippen LogP contribution in [0.5, 0.6) is 0 Å². The number of nitrogens with one attached hydrogen (secondary N) is 1. The summed E-state index contributed by atoms with van der Waals surface area (Å²) in [6.07, 6.45) is 4.07. The quantitative estimate of drug-likeness (QED) is 0.766. The van der Waals surface area contributed by atoms with Gasteiger partial charge in [-0.3, -0.25) is 4.90 Å². The Kier molecular flexibility index (Phi) is 5.46. The van der Waals surface area contributed by atoms with Gasteiger partial charge >= 0.3 is 0 Å². The summed E-state index contributed by atoms with van der Waals surface area (Å²) in [6, 6.07) is 1.52. The molecule has 1 saturated carbocycles. The Morgan fingerprint density at radius 2 is 1.88 bits per heavy atom. The fraction of sp³-hybridized carbons (Fsp3) is 1.00. The molecule has 2 atom stereocenters. The zero-order chi connectivity index (χ0) is 13.1. The van der Waals surface area contributed by atoms with Gasteiger partial charge in [0.05, 0.1) is 0 Å². The lowest BCUT2D eigenvalue weighted by atomic mass is 9.77. The molecule has 2 nitrogen and oxygen atoms in total. The number of rotatable bonds is 6. The third kappa shape index (κ3) is 4.59. The van der Waals surface area contributed by atoms with Crippen molar-refractivity contribution in [1.82, 2.24) is 10.2 Å². The minimum absolute atomic E-state index is 0.257. The molecule has 1 rings (SSSR count). The Bertz CT molecular complexity index is 217. The van der Waals surface area contributed by atoms with Gasteiger partial charge in [-0.05, 0) is 72.9 Å². The average molecular weight is 240 g/mol. The highest BCUT2D eigenvalue weighted by molar-refractivity contribution is 4.92. The molecule has 102 valence electrons. The Morgan fingerprint density at radius 3 is 2.24 bits per heavy atom. The second-order valence-corrected chi connectivity index (χ2v) is 6.87. The third-order valence-corrected chi connectivity index (χ3v) is 3.84. The predicted octanol–water partition coefficient (Wildman–Crippen LogP) is 3.27. The monoisotopic (exact) mass is 240 g/mol. The first-order valence-corrected chi connectivity index (χ1v) is 7.36. The molecule has 17 heavy (non-hydrogen) atoms. The summed E-state index contributed by atoms with van der Waals surface area (Å²) >= 11 is 0. The maximum absolute atomic E-state index is 3.66. The van der Waals surface area contributed by atoms with Gasteiger partial charge in [-0.2, -0.15) is 0 Å². The van der Waals surface area contributed by atoms with E-state index in [0.29, 0.717) is 6.04 Å². The Balaban J connectivity index is 2.43. The molecular weight excluding hydrogens is 208 g/mol. The molecule has 1 fully saturated rings. The fourth-order valence-electron chi connectivity index (χ4n) is 2.73. The topological polar surface area (TPSA) is 15.3 Å². The van der Waals surface area contributed by atoms with E-state index in [4.69, 9.17) is 0 Å². The maximum Gasteiger partial charge on any atom is 0.0138 e. The molecule has 1 N–H and O–H groups in total. The van der Waals surface area contributed by atoms with Crippen molar-refractivity contribution >= 4 is 0 Å². The largest absolute Gasteiger partial charge is 0.312 e. The Labute approximate surface area is 108 Å². The smallest absolute Gasteiger partial charge is 0.0138 e. The van der Waals surface area contributed by atoms with Crippen molar-refractivity contribution in [3.63, 3.8) is 0 Å². The minimum Gasteiger partial charge on any atom is -0.312 e. The van der Waals surface area contributed by atoms with Gasteiger partial charge in [0.1, 0.15) is 0 Å². The molecule has 2 heteroatoms. The number of hydrogen-bond donors (Lipinski definition) is 1. The van der Waals surface area contributed by atoms with E-state index >= 15 is 0 Å². The standard InChI is InChI=1S/C15H32N2/c1-7-10-17(12(2)3)14-9-8-13(14)11-16-15(4,5)6/h12-14,16H,7-11H2,1-6H3. The van der Waals surface area contributed by atoms with Gasteiger partial charge in [0.15, 0.2) is 0 Å². The van der Waals surface area contributed by atoms with E-state index in [-0.39, 0.29) is 5.54 Å². The molecule has 1 aliphatic rings. The van der Waals surface area contributed by atoms with Crippen LogP contribution in [0.25, 0.3) is 0 Å². The molecule has 0 aromatic carbocycles. The first-order chi connectivity index (χ1) is 7.85. The van der Waals surface area contributed by atoms with Gasteiger partial charge in [0.25, 0.3) is 0 Å². The molecule has 2 unspecified atom stereocenters. The van der Waals surface area contributed by atoms with Crippen LogP contribution in [0.15, 0.2) is 0 Å². The van der Waals surface area contributed by atoms with E-state index in [1.807, 2.05) is 0 Å². The normalized spacial score (nSPS) is 25.4. The number of nitrogens with zero attached hydrogens (tertiary/aromatic N) is 1. The molecule has 0 aromatic rings. The summed E-state index contributed by atoms with van der Waals surface area (Å²) in [4.78, 5) is 2.71. The molecule has 0 spiro atoms. The predicted molar refractivity (Wildman–Crippen MR) is 76.4 cm³/mol. The fourth-order valence-corrected chi connectivity index (χ4v) is 2.73. The lowest BCUT2D eigenvalue weighted by Gasteiger charge is -2.47. The van der Waals surface area contributed by atoms with Crippen LogP contribution >= 0.6 is 0 Å². The molecule has 0 amide bonds. The van der Waals surface area contributed by atoms with Gasteiger partial charge < -0.3 is 5.32 Å². The van der Waals surface area contributed by atoms with E-state index in [2.05, 4.69) is 51.8 Å². The minimum atomic E-state index is 0.257. The highest BCUT2D eigenvalue weighted by Gasteiger charge is 2.36.